The van der Waals surface area contributed by atoms with Crippen LogP contribution in [0.5, 0.6) is 0 Å². The minimum Gasteiger partial charge on any atom is -0.346 e. The van der Waals surface area contributed by atoms with E-state index in [1.807, 2.05) is 25.2 Å². The molecule has 0 amide bonds. The van der Waals surface area contributed by atoms with Crippen LogP contribution >= 0.6 is 0 Å². The van der Waals surface area contributed by atoms with Gasteiger partial charge in [0.25, 0.3) is 0 Å². The molecule has 0 bridgehead atoms. The molecular weight excluding hydrogens is 288 g/mol. The van der Waals surface area contributed by atoms with Crippen LogP contribution in [0.25, 0.3) is 11.4 Å². The Morgan fingerprint density at radius 1 is 1.13 bits per heavy atom. The predicted molar refractivity (Wildman–Crippen MR) is 87.3 cm³/mol. The Labute approximate surface area is 134 Å². The topological polar surface area (TPSA) is 63.6 Å². The summed E-state index contributed by atoms with van der Waals surface area (Å²) in [4.78, 5) is 12.7. The van der Waals surface area contributed by atoms with Crippen molar-refractivity contribution in [1.82, 2.24) is 20.0 Å². The molecule has 23 heavy (non-hydrogen) atoms. The maximum absolute atomic E-state index is 12.7. The summed E-state index contributed by atoms with van der Waals surface area (Å²) in [6.45, 7) is 0. The quantitative estimate of drug-likeness (QED) is 0.757. The molecule has 0 aliphatic heterocycles. The van der Waals surface area contributed by atoms with E-state index in [1.165, 1.54) is 24.1 Å². The van der Waals surface area contributed by atoms with Crippen LogP contribution in [0.15, 0.2) is 36.4 Å². The highest BCUT2D eigenvalue weighted by Crippen LogP contribution is 2.30. The number of hydrogen-bond donors (Lipinski definition) is 1. The number of H-pyrrole nitrogens is 1. The fourth-order valence-electron chi connectivity index (χ4n) is 3.38. The molecule has 1 aliphatic carbocycles. The average Bonchev–Trinajstić information content (AvgIpc) is 3.20. The summed E-state index contributed by atoms with van der Waals surface area (Å²) in [5.41, 5.74) is 5.33. The third kappa shape index (κ3) is 2.29. The number of aromatic nitrogens is 4. The Hall–Kier alpha value is -2.69. The fraction of sp³-hybridized carbons (Fsp3) is 0.278. The van der Waals surface area contributed by atoms with Gasteiger partial charge >= 0.3 is 0 Å². The zero-order valence-electron chi connectivity index (χ0n) is 13.0. The zero-order valence-corrected chi connectivity index (χ0v) is 13.0. The Balaban J connectivity index is 1.79. The van der Waals surface area contributed by atoms with Gasteiger partial charge < -0.3 is 4.57 Å². The van der Waals surface area contributed by atoms with Crippen LogP contribution < -0.4 is 0 Å². The maximum Gasteiger partial charge on any atom is 0.215 e. The smallest absolute Gasteiger partial charge is 0.215 e. The number of carbonyl (C=O) groups excluding carboxylic acids is 1. The van der Waals surface area contributed by atoms with E-state index in [-0.39, 0.29) is 5.78 Å². The summed E-state index contributed by atoms with van der Waals surface area (Å²) in [5.74, 6) is -0.103. The summed E-state index contributed by atoms with van der Waals surface area (Å²) >= 11 is 0. The first kappa shape index (κ1) is 13.9. The van der Waals surface area contributed by atoms with Crippen molar-refractivity contribution in [2.75, 3.05) is 0 Å². The van der Waals surface area contributed by atoms with Gasteiger partial charge in [-0.3, -0.25) is 4.79 Å². The van der Waals surface area contributed by atoms with Gasteiger partial charge in [0.1, 0.15) is 5.69 Å². The maximum atomic E-state index is 12.7. The highest BCUT2D eigenvalue weighted by atomic mass is 16.1. The Kier molecular flexibility index (Phi) is 3.33. The van der Waals surface area contributed by atoms with E-state index < -0.39 is 0 Å². The Morgan fingerprint density at radius 2 is 1.91 bits per heavy atom. The van der Waals surface area contributed by atoms with Gasteiger partial charge in [-0.25, -0.2) is 0 Å². The number of nitrogens with zero attached hydrogens (tertiary/aromatic N) is 3. The van der Waals surface area contributed by atoms with E-state index in [0.29, 0.717) is 17.0 Å². The zero-order chi connectivity index (χ0) is 15.8. The van der Waals surface area contributed by atoms with Crippen molar-refractivity contribution in [2.24, 2.45) is 7.05 Å². The molecule has 0 saturated heterocycles. The number of benzene rings is 1. The number of ketones is 1. The number of rotatable bonds is 3. The van der Waals surface area contributed by atoms with Gasteiger partial charge in [0.15, 0.2) is 5.69 Å². The average molecular weight is 306 g/mol. The lowest BCUT2D eigenvalue weighted by atomic mass is 9.98. The molecule has 1 aromatic carbocycles. The van der Waals surface area contributed by atoms with E-state index in [2.05, 4.69) is 26.0 Å². The molecule has 2 heterocycles. The molecule has 0 saturated carbocycles. The summed E-state index contributed by atoms with van der Waals surface area (Å²) < 4.78 is 2.16. The summed E-state index contributed by atoms with van der Waals surface area (Å²) in [5, 5.41) is 11.0. The van der Waals surface area contributed by atoms with Crippen molar-refractivity contribution in [3.63, 3.8) is 0 Å². The van der Waals surface area contributed by atoms with E-state index in [4.69, 9.17) is 0 Å². The number of carbonyl (C=O) groups is 1. The third-order valence-electron chi connectivity index (χ3n) is 4.60. The normalized spacial score (nSPS) is 13.8. The van der Waals surface area contributed by atoms with Crippen molar-refractivity contribution >= 4 is 5.78 Å². The number of hydrogen-bond acceptors (Lipinski definition) is 3. The van der Waals surface area contributed by atoms with Crippen LogP contribution in [-0.4, -0.2) is 25.8 Å². The van der Waals surface area contributed by atoms with Gasteiger partial charge in [-0.05, 0) is 37.3 Å². The summed E-state index contributed by atoms with van der Waals surface area (Å²) in [7, 11) is 2.05. The molecule has 1 aliphatic rings. The lowest BCUT2D eigenvalue weighted by Gasteiger charge is -2.13. The molecule has 2 aromatic heterocycles. The highest BCUT2D eigenvalue weighted by molar-refractivity contribution is 6.10. The van der Waals surface area contributed by atoms with Crippen molar-refractivity contribution in [2.45, 2.75) is 25.7 Å². The van der Waals surface area contributed by atoms with E-state index in [0.717, 1.165) is 18.5 Å². The monoisotopic (exact) mass is 306 g/mol. The Morgan fingerprint density at radius 3 is 2.70 bits per heavy atom. The number of nitrogens with one attached hydrogen (secondary N) is 1. The highest BCUT2D eigenvalue weighted by Gasteiger charge is 2.24. The lowest BCUT2D eigenvalue weighted by Crippen LogP contribution is -2.07. The number of aromatic amines is 1. The van der Waals surface area contributed by atoms with Crippen LogP contribution in [0.2, 0.25) is 0 Å². The van der Waals surface area contributed by atoms with Crippen LogP contribution in [0, 0.1) is 0 Å². The van der Waals surface area contributed by atoms with E-state index in [9.17, 15) is 4.79 Å². The Bertz CT molecular complexity index is 861. The molecule has 5 heteroatoms. The van der Waals surface area contributed by atoms with Crippen molar-refractivity contribution in [3.8, 4) is 11.4 Å². The van der Waals surface area contributed by atoms with Crippen molar-refractivity contribution in [3.05, 3.63) is 58.9 Å². The minimum absolute atomic E-state index is 0.103. The van der Waals surface area contributed by atoms with Gasteiger partial charge in [-0.15, -0.1) is 0 Å². The molecular formula is C18H18N4O. The first-order valence-corrected chi connectivity index (χ1v) is 7.94. The van der Waals surface area contributed by atoms with Crippen molar-refractivity contribution in [1.29, 1.82) is 0 Å². The van der Waals surface area contributed by atoms with Gasteiger partial charge in [0.05, 0.1) is 5.69 Å². The van der Waals surface area contributed by atoms with Crippen LogP contribution in [0.4, 0.5) is 0 Å². The molecule has 5 nitrogen and oxygen atoms in total. The third-order valence-corrected chi connectivity index (χ3v) is 4.60. The van der Waals surface area contributed by atoms with Gasteiger partial charge in [0.2, 0.25) is 5.78 Å². The molecule has 3 aromatic rings. The molecule has 1 N–H and O–H groups in total. The van der Waals surface area contributed by atoms with Crippen molar-refractivity contribution < 1.29 is 4.79 Å². The molecule has 0 fully saturated rings. The SMILES string of the molecule is Cn1c(-c2n[nH]nc2C(=O)c2ccccc2)cc2c1CCCC2. The molecule has 116 valence electrons. The second-order valence-electron chi connectivity index (χ2n) is 5.98. The molecule has 4 rings (SSSR count). The summed E-state index contributed by atoms with van der Waals surface area (Å²) in [6, 6.07) is 11.4. The largest absolute Gasteiger partial charge is 0.346 e. The van der Waals surface area contributed by atoms with Gasteiger partial charge in [-0.2, -0.15) is 15.4 Å². The predicted octanol–water partition coefficient (Wildman–Crippen LogP) is 2.92. The van der Waals surface area contributed by atoms with Crippen LogP contribution in [0.3, 0.4) is 0 Å². The molecule has 0 radical (unpaired) electrons. The van der Waals surface area contributed by atoms with Crippen LogP contribution in [-0.2, 0) is 19.9 Å². The molecule has 0 unspecified atom stereocenters. The first-order chi connectivity index (χ1) is 11.3. The van der Waals surface area contributed by atoms with E-state index in [1.54, 1.807) is 12.1 Å². The first-order valence-electron chi connectivity index (χ1n) is 7.94. The number of aryl methyl sites for hydroxylation is 1. The molecule has 0 spiro atoms. The molecule has 0 atom stereocenters. The number of fused-ring (bicyclic) bond motifs is 1. The lowest BCUT2D eigenvalue weighted by molar-refractivity contribution is 0.103. The van der Waals surface area contributed by atoms with Crippen LogP contribution in [0.1, 0.15) is 40.2 Å². The standard InChI is InChI=1S/C18H18N4O/c1-22-14-10-6-5-9-13(14)11-15(22)16-17(20-21-19-16)18(23)12-7-3-2-4-8-12/h2-4,7-8,11H,5-6,9-10H2,1H3,(H,19,20,21). The summed E-state index contributed by atoms with van der Waals surface area (Å²) in [6.07, 6.45) is 4.64. The van der Waals surface area contributed by atoms with E-state index >= 15 is 0 Å². The second kappa shape index (κ2) is 5.50. The minimum atomic E-state index is -0.103. The second-order valence-corrected chi connectivity index (χ2v) is 5.98. The van der Waals surface area contributed by atoms with Gasteiger partial charge in [0, 0.05) is 18.3 Å². The fourth-order valence-corrected chi connectivity index (χ4v) is 3.38. The van der Waals surface area contributed by atoms with Gasteiger partial charge in [-0.1, -0.05) is 30.3 Å².